The number of carbonyl (C=O) groups excluding carboxylic acids is 2. The molecule has 0 spiro atoms. The van der Waals surface area contributed by atoms with Crippen molar-refractivity contribution in [3.63, 3.8) is 0 Å². The first-order chi connectivity index (χ1) is 14.9. The number of aromatic nitrogens is 1. The van der Waals surface area contributed by atoms with Crippen molar-refractivity contribution in [2.75, 3.05) is 0 Å². The Morgan fingerprint density at radius 2 is 1.58 bits per heavy atom. The summed E-state index contributed by atoms with van der Waals surface area (Å²) >= 11 is 5.93. The van der Waals surface area contributed by atoms with Gasteiger partial charge in [-0.3, -0.25) is 14.6 Å². The molecule has 2 aromatic carbocycles. The Labute approximate surface area is 185 Å². The van der Waals surface area contributed by atoms with Crippen LogP contribution in [0.1, 0.15) is 23.6 Å². The zero-order valence-electron chi connectivity index (χ0n) is 17.1. The summed E-state index contributed by atoms with van der Waals surface area (Å²) in [6.07, 6.45) is 3.43. The second-order valence-corrected chi connectivity index (χ2v) is 7.64. The molecule has 0 unspecified atom stereocenters. The van der Waals surface area contributed by atoms with E-state index in [0.717, 1.165) is 16.7 Å². The van der Waals surface area contributed by atoms with E-state index in [-0.39, 0.29) is 30.6 Å². The third kappa shape index (κ3) is 6.62. The first kappa shape index (κ1) is 22.4. The number of nitrogens with one attached hydrogen (secondary N) is 1. The normalized spacial score (nSPS) is 11.6. The summed E-state index contributed by atoms with van der Waals surface area (Å²) in [6, 6.07) is 15.8. The molecule has 0 aliphatic heterocycles. The summed E-state index contributed by atoms with van der Waals surface area (Å²) in [7, 11) is 0. The predicted molar refractivity (Wildman–Crippen MR) is 118 cm³/mol. The lowest BCUT2D eigenvalue weighted by Gasteiger charge is -2.29. The second-order valence-electron chi connectivity index (χ2n) is 7.20. The lowest BCUT2D eigenvalue weighted by Crippen LogP contribution is -2.48. The van der Waals surface area contributed by atoms with Gasteiger partial charge in [0.2, 0.25) is 11.8 Å². The summed E-state index contributed by atoms with van der Waals surface area (Å²) in [6.45, 7) is 2.21. The number of amides is 2. The van der Waals surface area contributed by atoms with Crippen molar-refractivity contribution in [3.05, 3.63) is 101 Å². The van der Waals surface area contributed by atoms with E-state index < -0.39 is 6.04 Å². The van der Waals surface area contributed by atoms with Crippen LogP contribution in [0.4, 0.5) is 4.39 Å². The Bertz CT molecular complexity index is 1010. The summed E-state index contributed by atoms with van der Waals surface area (Å²) in [5.41, 5.74) is 2.44. The van der Waals surface area contributed by atoms with Crippen molar-refractivity contribution in [2.24, 2.45) is 0 Å². The summed E-state index contributed by atoms with van der Waals surface area (Å²) < 4.78 is 13.3. The Kier molecular flexibility index (Phi) is 7.73. The van der Waals surface area contributed by atoms with Gasteiger partial charge < -0.3 is 10.2 Å². The van der Waals surface area contributed by atoms with Crippen LogP contribution in [-0.4, -0.2) is 27.7 Å². The van der Waals surface area contributed by atoms with E-state index in [1.54, 1.807) is 55.7 Å². The molecule has 0 radical (unpaired) electrons. The maximum atomic E-state index is 13.3. The van der Waals surface area contributed by atoms with Gasteiger partial charge in [-0.05, 0) is 60.0 Å². The van der Waals surface area contributed by atoms with E-state index >= 15 is 0 Å². The first-order valence-electron chi connectivity index (χ1n) is 9.87. The van der Waals surface area contributed by atoms with E-state index in [1.807, 2.05) is 12.1 Å². The molecule has 1 N–H and O–H groups in total. The molecule has 2 amide bonds. The smallest absolute Gasteiger partial charge is 0.242 e. The van der Waals surface area contributed by atoms with Crippen LogP contribution in [0.5, 0.6) is 0 Å². The van der Waals surface area contributed by atoms with Gasteiger partial charge in [-0.25, -0.2) is 4.39 Å². The van der Waals surface area contributed by atoms with Crippen molar-refractivity contribution in [1.29, 1.82) is 0 Å². The third-order valence-corrected chi connectivity index (χ3v) is 5.17. The van der Waals surface area contributed by atoms with Crippen LogP contribution in [0.2, 0.25) is 5.02 Å². The van der Waals surface area contributed by atoms with E-state index in [1.165, 1.54) is 17.0 Å². The van der Waals surface area contributed by atoms with Crippen LogP contribution in [-0.2, 0) is 29.1 Å². The van der Waals surface area contributed by atoms with E-state index in [0.29, 0.717) is 11.6 Å². The fourth-order valence-corrected chi connectivity index (χ4v) is 3.21. The Balaban J connectivity index is 1.74. The van der Waals surface area contributed by atoms with Crippen LogP contribution in [0.15, 0.2) is 73.1 Å². The zero-order chi connectivity index (χ0) is 22.2. The highest BCUT2D eigenvalue weighted by Gasteiger charge is 2.26. The maximum absolute atomic E-state index is 13.3. The molecule has 0 saturated heterocycles. The minimum absolute atomic E-state index is 0.125. The predicted octanol–water partition coefficient (Wildman–Crippen LogP) is 4.15. The molecule has 7 heteroatoms. The number of hydrogen-bond donors (Lipinski definition) is 1. The molecule has 31 heavy (non-hydrogen) atoms. The number of benzene rings is 2. The average Bonchev–Trinajstić information content (AvgIpc) is 2.78. The third-order valence-electron chi connectivity index (χ3n) is 4.92. The second kappa shape index (κ2) is 10.7. The molecule has 1 heterocycles. The average molecular weight is 440 g/mol. The molecule has 160 valence electrons. The molecular formula is C24H23ClFN3O2. The van der Waals surface area contributed by atoms with Crippen molar-refractivity contribution in [1.82, 2.24) is 15.2 Å². The lowest BCUT2D eigenvalue weighted by atomic mass is 10.1. The quantitative estimate of drug-likeness (QED) is 0.573. The maximum Gasteiger partial charge on any atom is 0.242 e. The Morgan fingerprint density at radius 1 is 0.968 bits per heavy atom. The minimum Gasteiger partial charge on any atom is -0.350 e. The van der Waals surface area contributed by atoms with E-state index in [4.69, 9.17) is 11.6 Å². The molecule has 0 fully saturated rings. The number of halogens is 2. The van der Waals surface area contributed by atoms with Gasteiger partial charge in [0.05, 0.1) is 6.42 Å². The van der Waals surface area contributed by atoms with Crippen LogP contribution in [0.3, 0.4) is 0 Å². The zero-order valence-corrected chi connectivity index (χ0v) is 17.8. The number of pyridine rings is 1. The highest BCUT2D eigenvalue weighted by Crippen LogP contribution is 2.15. The standard InChI is InChI=1S/C24H23ClFN3O2/c1-17(24(31)28-15-19-10-12-27-13-11-19)29(16-20-4-8-22(26)9-5-20)23(30)14-18-2-6-21(25)7-3-18/h2-13,17H,14-16H2,1H3,(H,28,31)/t17-/m0/s1. The van der Waals surface area contributed by atoms with Crippen LogP contribution in [0.25, 0.3) is 0 Å². The molecule has 0 aliphatic carbocycles. The van der Waals surface area contributed by atoms with Gasteiger partial charge in [0.1, 0.15) is 11.9 Å². The van der Waals surface area contributed by atoms with Crippen molar-refractivity contribution in [3.8, 4) is 0 Å². The van der Waals surface area contributed by atoms with Gasteiger partial charge in [0, 0.05) is 30.5 Å². The van der Waals surface area contributed by atoms with Gasteiger partial charge in [0.25, 0.3) is 0 Å². The number of hydrogen-bond acceptors (Lipinski definition) is 3. The van der Waals surface area contributed by atoms with E-state index in [9.17, 15) is 14.0 Å². The van der Waals surface area contributed by atoms with Crippen LogP contribution >= 0.6 is 11.6 Å². The van der Waals surface area contributed by atoms with Gasteiger partial charge in [0.15, 0.2) is 0 Å². The molecule has 0 saturated carbocycles. The van der Waals surface area contributed by atoms with Crippen LogP contribution in [0, 0.1) is 5.82 Å². The Hall–Kier alpha value is -3.25. The van der Waals surface area contributed by atoms with E-state index in [2.05, 4.69) is 10.3 Å². The summed E-state index contributed by atoms with van der Waals surface area (Å²) in [4.78, 5) is 31.4. The van der Waals surface area contributed by atoms with Crippen molar-refractivity contribution >= 4 is 23.4 Å². The monoisotopic (exact) mass is 439 g/mol. The number of rotatable bonds is 8. The molecule has 0 aliphatic rings. The van der Waals surface area contributed by atoms with Gasteiger partial charge in [-0.15, -0.1) is 0 Å². The lowest BCUT2D eigenvalue weighted by molar-refractivity contribution is -0.140. The Morgan fingerprint density at radius 3 is 2.23 bits per heavy atom. The molecule has 3 aromatic rings. The SMILES string of the molecule is C[C@@H](C(=O)NCc1ccncc1)N(Cc1ccc(F)cc1)C(=O)Cc1ccc(Cl)cc1. The fourth-order valence-electron chi connectivity index (χ4n) is 3.09. The fraction of sp³-hybridized carbons (Fsp3) is 0.208. The minimum atomic E-state index is -0.716. The highest BCUT2D eigenvalue weighted by atomic mass is 35.5. The summed E-state index contributed by atoms with van der Waals surface area (Å²) in [5, 5.41) is 3.45. The van der Waals surface area contributed by atoms with Gasteiger partial charge >= 0.3 is 0 Å². The highest BCUT2D eigenvalue weighted by molar-refractivity contribution is 6.30. The molecule has 5 nitrogen and oxygen atoms in total. The van der Waals surface area contributed by atoms with Crippen molar-refractivity contribution < 1.29 is 14.0 Å². The number of nitrogens with zero attached hydrogens (tertiary/aromatic N) is 2. The van der Waals surface area contributed by atoms with Crippen molar-refractivity contribution in [2.45, 2.75) is 32.5 Å². The van der Waals surface area contributed by atoms with Gasteiger partial charge in [-0.2, -0.15) is 0 Å². The topological polar surface area (TPSA) is 62.3 Å². The summed E-state index contributed by atoms with van der Waals surface area (Å²) in [5.74, 6) is -0.840. The molecule has 3 rings (SSSR count). The molecule has 1 atom stereocenters. The molecule has 0 bridgehead atoms. The van der Waals surface area contributed by atoms with Gasteiger partial charge in [-0.1, -0.05) is 35.9 Å². The van der Waals surface area contributed by atoms with Crippen LogP contribution < -0.4 is 5.32 Å². The largest absolute Gasteiger partial charge is 0.350 e. The number of carbonyl (C=O) groups is 2. The molecular weight excluding hydrogens is 417 g/mol. The first-order valence-corrected chi connectivity index (χ1v) is 10.2. The molecule has 1 aromatic heterocycles.